The lowest BCUT2D eigenvalue weighted by molar-refractivity contribution is 0.405. The van der Waals surface area contributed by atoms with Gasteiger partial charge in [0, 0.05) is 26.2 Å². The molecule has 0 aliphatic carbocycles. The topological polar surface area (TPSA) is 71.4 Å². The number of aliphatic imine (C=N–C) groups is 1. The van der Waals surface area contributed by atoms with Crippen molar-refractivity contribution in [3.8, 4) is 17.2 Å². The van der Waals surface area contributed by atoms with Crippen molar-refractivity contribution in [3.63, 3.8) is 0 Å². The third-order valence-electron chi connectivity index (χ3n) is 5.94. The van der Waals surface area contributed by atoms with Crippen molar-refractivity contribution in [1.82, 2.24) is 9.21 Å². The Kier molecular flexibility index (Phi) is 5.97. The zero-order valence-corrected chi connectivity index (χ0v) is 19.5. The van der Waals surface area contributed by atoms with E-state index in [2.05, 4.69) is 4.90 Å². The maximum absolute atomic E-state index is 13.3. The molecule has 3 aromatic rings. The quantitative estimate of drug-likeness (QED) is 0.554. The molecule has 1 saturated heterocycles. The molecular formula is C25H24FN3O4S. The molecule has 2 aliphatic heterocycles. The molecule has 0 atom stereocenters. The lowest BCUT2D eigenvalue weighted by Crippen LogP contribution is -2.37. The molecular weight excluding hydrogens is 457 g/mol. The first-order chi connectivity index (χ1) is 16.5. The standard InChI is InChI=1S/C25H24FN3O4S/c1-32-19-9-12-23-21(17-19)25(27-22-5-2-3-6-24(22)33-23)28-13-4-14-29(16-15-28)34(30,31)20-10-7-18(26)8-11-20/h2-3,5-12,17H,4,13-16H2,1H3. The third-order valence-corrected chi connectivity index (χ3v) is 7.86. The van der Waals surface area contributed by atoms with Gasteiger partial charge < -0.3 is 14.4 Å². The van der Waals surface area contributed by atoms with Crippen LogP contribution in [0, 0.1) is 5.82 Å². The summed E-state index contributed by atoms with van der Waals surface area (Å²) in [5.74, 6) is 2.23. The molecule has 3 aromatic carbocycles. The number of para-hydroxylation sites is 2. The monoisotopic (exact) mass is 481 g/mol. The van der Waals surface area contributed by atoms with Gasteiger partial charge in [-0.15, -0.1) is 0 Å². The fourth-order valence-corrected chi connectivity index (χ4v) is 5.64. The van der Waals surface area contributed by atoms with Gasteiger partial charge in [0.15, 0.2) is 5.75 Å². The Balaban J connectivity index is 1.48. The van der Waals surface area contributed by atoms with Crippen molar-refractivity contribution < 1.29 is 22.3 Å². The van der Waals surface area contributed by atoms with Crippen LogP contribution in [0.5, 0.6) is 17.2 Å². The number of rotatable bonds is 3. The molecule has 176 valence electrons. The predicted octanol–water partition coefficient (Wildman–Crippen LogP) is 4.41. The van der Waals surface area contributed by atoms with Gasteiger partial charge in [-0.3, -0.25) is 0 Å². The SMILES string of the molecule is COc1ccc2c(c1)C(N1CCCN(S(=O)(=O)c3ccc(F)cc3)CC1)=Nc1ccccc1O2. The van der Waals surface area contributed by atoms with Gasteiger partial charge in [0.2, 0.25) is 10.0 Å². The molecule has 1 fully saturated rings. The summed E-state index contributed by atoms with van der Waals surface area (Å²) in [7, 11) is -2.12. The molecule has 0 aromatic heterocycles. The average molecular weight is 482 g/mol. The van der Waals surface area contributed by atoms with E-state index in [0.717, 1.165) is 5.56 Å². The van der Waals surface area contributed by atoms with E-state index in [0.29, 0.717) is 54.8 Å². The molecule has 0 amide bonds. The Morgan fingerprint density at radius 3 is 2.53 bits per heavy atom. The van der Waals surface area contributed by atoms with Crippen molar-refractivity contribution in [1.29, 1.82) is 0 Å². The van der Waals surface area contributed by atoms with Gasteiger partial charge >= 0.3 is 0 Å². The lowest BCUT2D eigenvalue weighted by Gasteiger charge is -2.25. The van der Waals surface area contributed by atoms with Crippen LogP contribution in [-0.2, 0) is 10.0 Å². The average Bonchev–Trinajstić information content (AvgIpc) is 3.19. The summed E-state index contributed by atoms with van der Waals surface area (Å²) in [5, 5.41) is 0. The Morgan fingerprint density at radius 2 is 1.74 bits per heavy atom. The van der Waals surface area contributed by atoms with Crippen molar-refractivity contribution in [2.75, 3.05) is 33.3 Å². The lowest BCUT2D eigenvalue weighted by atomic mass is 10.1. The van der Waals surface area contributed by atoms with Crippen LogP contribution in [0.2, 0.25) is 0 Å². The highest BCUT2D eigenvalue weighted by Crippen LogP contribution is 2.39. The minimum atomic E-state index is -3.73. The number of sulfonamides is 1. The predicted molar refractivity (Wildman–Crippen MR) is 127 cm³/mol. The Labute approximate surface area is 198 Å². The van der Waals surface area contributed by atoms with E-state index in [9.17, 15) is 12.8 Å². The number of amidine groups is 1. The minimum absolute atomic E-state index is 0.0894. The summed E-state index contributed by atoms with van der Waals surface area (Å²) in [5.41, 5.74) is 1.48. The highest BCUT2D eigenvalue weighted by atomic mass is 32.2. The number of methoxy groups -OCH3 is 1. The number of hydrogen-bond donors (Lipinski definition) is 0. The zero-order valence-electron chi connectivity index (χ0n) is 18.6. The van der Waals surface area contributed by atoms with Gasteiger partial charge in [-0.05, 0) is 61.0 Å². The van der Waals surface area contributed by atoms with Gasteiger partial charge in [0.25, 0.3) is 0 Å². The zero-order chi connectivity index (χ0) is 23.7. The van der Waals surface area contributed by atoms with Crippen molar-refractivity contribution in [3.05, 3.63) is 78.1 Å². The molecule has 5 rings (SSSR count). The van der Waals surface area contributed by atoms with E-state index in [1.54, 1.807) is 7.11 Å². The van der Waals surface area contributed by atoms with Crippen LogP contribution in [0.15, 0.2) is 76.6 Å². The molecule has 0 saturated carbocycles. The summed E-state index contributed by atoms with van der Waals surface area (Å²) in [4.78, 5) is 7.11. The highest BCUT2D eigenvalue weighted by molar-refractivity contribution is 7.89. The van der Waals surface area contributed by atoms with E-state index < -0.39 is 15.8 Å². The van der Waals surface area contributed by atoms with E-state index in [1.807, 2.05) is 42.5 Å². The first-order valence-corrected chi connectivity index (χ1v) is 12.4. The first-order valence-electron chi connectivity index (χ1n) is 11.0. The number of hydrogen-bond acceptors (Lipinski definition) is 6. The van der Waals surface area contributed by atoms with Crippen LogP contribution in [0.4, 0.5) is 10.1 Å². The molecule has 2 heterocycles. The maximum atomic E-state index is 13.3. The summed E-state index contributed by atoms with van der Waals surface area (Å²) >= 11 is 0. The van der Waals surface area contributed by atoms with Crippen molar-refractivity contribution >= 4 is 21.5 Å². The fourth-order valence-electron chi connectivity index (χ4n) is 4.17. The molecule has 2 aliphatic rings. The second kappa shape index (κ2) is 9.08. The Hall–Kier alpha value is -3.43. The van der Waals surface area contributed by atoms with Gasteiger partial charge in [0.05, 0.1) is 17.6 Å². The molecule has 0 N–H and O–H groups in total. The summed E-state index contributed by atoms with van der Waals surface area (Å²) < 4.78 is 52.7. The summed E-state index contributed by atoms with van der Waals surface area (Å²) in [6.07, 6.45) is 0.612. The van der Waals surface area contributed by atoms with Crippen molar-refractivity contribution in [2.24, 2.45) is 4.99 Å². The molecule has 0 unspecified atom stereocenters. The summed E-state index contributed by atoms with van der Waals surface area (Å²) in [6.45, 7) is 1.70. The first kappa shape index (κ1) is 22.4. The normalized spacial score (nSPS) is 16.4. The molecule has 9 heteroatoms. The van der Waals surface area contributed by atoms with Crippen LogP contribution in [-0.4, -0.2) is 56.7 Å². The molecule has 0 radical (unpaired) electrons. The minimum Gasteiger partial charge on any atom is -0.497 e. The number of halogens is 1. The smallest absolute Gasteiger partial charge is 0.243 e. The number of fused-ring (bicyclic) bond motifs is 2. The van der Waals surface area contributed by atoms with Gasteiger partial charge in [0.1, 0.15) is 28.8 Å². The Morgan fingerprint density at radius 1 is 0.941 bits per heavy atom. The Bertz CT molecular complexity index is 1340. The largest absolute Gasteiger partial charge is 0.497 e. The molecule has 7 nitrogen and oxygen atoms in total. The van der Waals surface area contributed by atoms with Gasteiger partial charge in [-0.2, -0.15) is 4.31 Å². The third kappa shape index (κ3) is 4.24. The fraction of sp³-hybridized carbons (Fsp3) is 0.240. The van der Waals surface area contributed by atoms with Crippen LogP contribution < -0.4 is 9.47 Å². The molecule has 34 heavy (non-hydrogen) atoms. The van der Waals surface area contributed by atoms with Crippen LogP contribution in [0.1, 0.15) is 12.0 Å². The van der Waals surface area contributed by atoms with Gasteiger partial charge in [-0.25, -0.2) is 17.8 Å². The number of nitrogens with zero attached hydrogens (tertiary/aromatic N) is 3. The maximum Gasteiger partial charge on any atom is 0.243 e. The second-order valence-electron chi connectivity index (χ2n) is 8.07. The molecule has 0 bridgehead atoms. The van der Waals surface area contributed by atoms with Crippen molar-refractivity contribution in [2.45, 2.75) is 11.3 Å². The van der Waals surface area contributed by atoms with Crippen LogP contribution in [0.3, 0.4) is 0 Å². The second-order valence-corrected chi connectivity index (χ2v) is 10.0. The van der Waals surface area contributed by atoms with E-state index in [-0.39, 0.29) is 11.4 Å². The van der Waals surface area contributed by atoms with Gasteiger partial charge in [-0.1, -0.05) is 12.1 Å². The number of benzene rings is 3. The van der Waals surface area contributed by atoms with E-state index in [1.165, 1.54) is 28.6 Å². The van der Waals surface area contributed by atoms with Crippen LogP contribution in [0.25, 0.3) is 0 Å². The van der Waals surface area contributed by atoms with Crippen LogP contribution >= 0.6 is 0 Å². The highest BCUT2D eigenvalue weighted by Gasteiger charge is 2.30. The van der Waals surface area contributed by atoms with E-state index in [4.69, 9.17) is 14.5 Å². The summed E-state index contributed by atoms with van der Waals surface area (Å²) in [6, 6.07) is 18.1. The number of ether oxygens (including phenoxy) is 2. The van der Waals surface area contributed by atoms with E-state index >= 15 is 0 Å². The molecule has 0 spiro atoms.